The number of rotatable bonds is 7. The van der Waals surface area contributed by atoms with Gasteiger partial charge in [0.1, 0.15) is 0 Å². The third-order valence-electron chi connectivity index (χ3n) is 3.35. The summed E-state index contributed by atoms with van der Waals surface area (Å²) in [6.45, 7) is 1.39. The van der Waals surface area contributed by atoms with E-state index < -0.39 is 0 Å². The lowest BCUT2D eigenvalue weighted by atomic mass is 10.0. The van der Waals surface area contributed by atoms with Gasteiger partial charge in [0.05, 0.1) is 35.6 Å². The van der Waals surface area contributed by atoms with Crippen molar-refractivity contribution in [1.29, 1.82) is 0 Å². The number of aromatic nitrogens is 2. The van der Waals surface area contributed by atoms with E-state index in [0.29, 0.717) is 6.61 Å². The van der Waals surface area contributed by atoms with E-state index in [9.17, 15) is 0 Å². The van der Waals surface area contributed by atoms with Gasteiger partial charge in [-0.25, -0.2) is 0 Å². The van der Waals surface area contributed by atoms with E-state index in [0.717, 1.165) is 27.6 Å². The third-order valence-corrected chi connectivity index (χ3v) is 4.45. The molecule has 1 atom stereocenters. The van der Waals surface area contributed by atoms with Crippen molar-refractivity contribution >= 4 is 31.9 Å². The fourth-order valence-corrected chi connectivity index (χ4v) is 3.33. The molecule has 0 saturated carbocycles. The summed E-state index contributed by atoms with van der Waals surface area (Å²) in [7, 11) is 3.68. The number of hydrogen-bond donors (Lipinski definition) is 1. The van der Waals surface area contributed by atoms with Crippen molar-refractivity contribution in [2.24, 2.45) is 0 Å². The first-order chi connectivity index (χ1) is 10.2. The van der Waals surface area contributed by atoms with E-state index in [-0.39, 0.29) is 6.04 Å². The molecular formula is C15H19Br2N3O. The SMILES string of the molecule is CNC(Cc1cccc(Br)c1)c1c(Br)cnn1CCOC. The Morgan fingerprint density at radius 1 is 1.38 bits per heavy atom. The molecule has 2 aromatic rings. The van der Waals surface area contributed by atoms with Crippen molar-refractivity contribution in [2.45, 2.75) is 19.0 Å². The second kappa shape index (κ2) is 8.08. The average molecular weight is 417 g/mol. The smallest absolute Gasteiger partial charge is 0.0699 e. The maximum absolute atomic E-state index is 5.15. The summed E-state index contributed by atoms with van der Waals surface area (Å²) >= 11 is 7.13. The van der Waals surface area contributed by atoms with Gasteiger partial charge in [-0.1, -0.05) is 28.1 Å². The summed E-state index contributed by atoms with van der Waals surface area (Å²) in [5.41, 5.74) is 2.42. The van der Waals surface area contributed by atoms with Crippen molar-refractivity contribution in [3.63, 3.8) is 0 Å². The van der Waals surface area contributed by atoms with Gasteiger partial charge >= 0.3 is 0 Å². The maximum Gasteiger partial charge on any atom is 0.0699 e. The number of benzene rings is 1. The highest BCUT2D eigenvalue weighted by Gasteiger charge is 2.19. The lowest BCUT2D eigenvalue weighted by Gasteiger charge is -2.19. The topological polar surface area (TPSA) is 39.1 Å². The Morgan fingerprint density at radius 3 is 2.86 bits per heavy atom. The monoisotopic (exact) mass is 415 g/mol. The molecule has 1 aromatic carbocycles. The van der Waals surface area contributed by atoms with Crippen LogP contribution in [0.3, 0.4) is 0 Å². The summed E-state index contributed by atoms with van der Waals surface area (Å²) in [6, 6.07) is 8.57. The molecule has 1 unspecified atom stereocenters. The zero-order valence-corrected chi connectivity index (χ0v) is 15.3. The molecule has 2 rings (SSSR count). The number of nitrogens with zero attached hydrogens (tertiary/aromatic N) is 2. The summed E-state index contributed by atoms with van der Waals surface area (Å²) in [4.78, 5) is 0. The molecule has 0 amide bonds. The summed E-state index contributed by atoms with van der Waals surface area (Å²) in [6.07, 6.45) is 2.74. The molecule has 1 N–H and O–H groups in total. The molecule has 1 aromatic heterocycles. The zero-order chi connectivity index (χ0) is 15.2. The molecule has 1 heterocycles. The van der Waals surface area contributed by atoms with Crippen LogP contribution in [0.1, 0.15) is 17.3 Å². The molecule has 114 valence electrons. The van der Waals surface area contributed by atoms with Crippen LogP contribution >= 0.6 is 31.9 Å². The molecule has 6 heteroatoms. The minimum Gasteiger partial charge on any atom is -0.383 e. The van der Waals surface area contributed by atoms with Crippen LogP contribution in [0.15, 0.2) is 39.4 Å². The van der Waals surface area contributed by atoms with Gasteiger partial charge in [0.25, 0.3) is 0 Å². The summed E-state index contributed by atoms with van der Waals surface area (Å²) < 4.78 is 9.27. The van der Waals surface area contributed by atoms with Crippen LogP contribution in [0.25, 0.3) is 0 Å². The number of hydrogen-bond acceptors (Lipinski definition) is 3. The Labute approximate surface area is 142 Å². The molecule has 0 aliphatic carbocycles. The number of halogens is 2. The number of ether oxygens (including phenoxy) is 1. The van der Waals surface area contributed by atoms with Crippen LogP contribution in [0.4, 0.5) is 0 Å². The zero-order valence-electron chi connectivity index (χ0n) is 12.1. The molecule has 0 aliphatic rings. The van der Waals surface area contributed by atoms with Gasteiger partial charge < -0.3 is 10.1 Å². The highest BCUT2D eigenvalue weighted by atomic mass is 79.9. The van der Waals surface area contributed by atoms with E-state index in [1.54, 1.807) is 7.11 Å². The molecule has 0 fully saturated rings. The van der Waals surface area contributed by atoms with Crippen LogP contribution in [0.5, 0.6) is 0 Å². The average Bonchev–Trinajstić information content (AvgIpc) is 2.83. The summed E-state index contributed by atoms with van der Waals surface area (Å²) in [5.74, 6) is 0. The maximum atomic E-state index is 5.15. The van der Waals surface area contributed by atoms with Crippen LogP contribution in [-0.2, 0) is 17.7 Å². The van der Waals surface area contributed by atoms with Gasteiger partial charge in [-0.05, 0) is 47.1 Å². The van der Waals surface area contributed by atoms with E-state index in [2.05, 4.69) is 60.5 Å². The van der Waals surface area contributed by atoms with Crippen molar-refractivity contribution in [2.75, 3.05) is 20.8 Å². The van der Waals surface area contributed by atoms with Gasteiger partial charge in [-0.15, -0.1) is 0 Å². The molecule has 4 nitrogen and oxygen atoms in total. The first-order valence-electron chi connectivity index (χ1n) is 6.77. The molecule has 21 heavy (non-hydrogen) atoms. The summed E-state index contributed by atoms with van der Waals surface area (Å²) in [5, 5.41) is 7.80. The Bertz CT molecular complexity index is 586. The molecular weight excluding hydrogens is 398 g/mol. The molecule has 0 bridgehead atoms. The van der Waals surface area contributed by atoms with Gasteiger partial charge in [0.2, 0.25) is 0 Å². The van der Waals surface area contributed by atoms with Gasteiger partial charge in [0.15, 0.2) is 0 Å². The Morgan fingerprint density at radius 2 is 2.19 bits per heavy atom. The molecule has 0 spiro atoms. The minimum atomic E-state index is 0.188. The number of methoxy groups -OCH3 is 1. The van der Waals surface area contributed by atoms with Crippen LogP contribution in [0.2, 0.25) is 0 Å². The van der Waals surface area contributed by atoms with Gasteiger partial charge in [0, 0.05) is 11.6 Å². The minimum absolute atomic E-state index is 0.188. The van der Waals surface area contributed by atoms with E-state index >= 15 is 0 Å². The first-order valence-corrected chi connectivity index (χ1v) is 8.36. The first kappa shape index (κ1) is 16.7. The second-order valence-electron chi connectivity index (χ2n) is 4.77. The largest absolute Gasteiger partial charge is 0.383 e. The van der Waals surface area contributed by atoms with E-state index in [4.69, 9.17) is 4.74 Å². The van der Waals surface area contributed by atoms with Crippen molar-refractivity contribution in [1.82, 2.24) is 15.1 Å². The molecule has 0 aliphatic heterocycles. The quantitative estimate of drug-likeness (QED) is 0.749. The Hall–Kier alpha value is -0.690. The number of nitrogens with one attached hydrogen (secondary N) is 1. The highest BCUT2D eigenvalue weighted by molar-refractivity contribution is 9.10. The predicted molar refractivity (Wildman–Crippen MR) is 91.4 cm³/mol. The number of likely N-dealkylation sites (N-methyl/N-ethyl adjacent to an activating group) is 1. The van der Waals surface area contributed by atoms with Crippen LogP contribution in [0, 0.1) is 0 Å². The van der Waals surface area contributed by atoms with Crippen LogP contribution < -0.4 is 5.32 Å². The fourth-order valence-electron chi connectivity index (χ4n) is 2.31. The predicted octanol–water partition coefficient (Wildman–Crippen LogP) is 3.56. The lowest BCUT2D eigenvalue weighted by Crippen LogP contribution is -2.24. The molecule has 0 saturated heterocycles. The normalized spacial score (nSPS) is 12.6. The second-order valence-corrected chi connectivity index (χ2v) is 6.54. The fraction of sp³-hybridized carbons (Fsp3) is 0.400. The van der Waals surface area contributed by atoms with Crippen molar-refractivity contribution in [3.05, 3.63) is 50.7 Å². The standard InChI is InChI=1S/C15H19Br2N3O/c1-18-14(9-11-4-3-5-12(16)8-11)15-13(17)10-19-20(15)6-7-21-2/h3-5,8,10,14,18H,6-7,9H2,1-2H3. The van der Waals surface area contributed by atoms with Crippen molar-refractivity contribution < 1.29 is 4.74 Å². The van der Waals surface area contributed by atoms with Gasteiger partial charge in [-0.2, -0.15) is 5.10 Å². The highest BCUT2D eigenvalue weighted by Crippen LogP contribution is 2.26. The Kier molecular flexibility index (Phi) is 6.41. The van der Waals surface area contributed by atoms with Gasteiger partial charge in [-0.3, -0.25) is 4.68 Å². The van der Waals surface area contributed by atoms with Crippen molar-refractivity contribution in [3.8, 4) is 0 Å². The lowest BCUT2D eigenvalue weighted by molar-refractivity contribution is 0.181. The Balaban J connectivity index is 2.22. The third kappa shape index (κ3) is 4.39. The van der Waals surface area contributed by atoms with E-state index in [1.165, 1.54) is 5.56 Å². The van der Waals surface area contributed by atoms with Crippen LogP contribution in [-0.4, -0.2) is 30.5 Å². The molecule has 0 radical (unpaired) electrons. The van der Waals surface area contributed by atoms with E-state index in [1.807, 2.05) is 24.0 Å².